The van der Waals surface area contributed by atoms with Gasteiger partial charge in [-0.1, -0.05) is 47.5 Å². The lowest BCUT2D eigenvalue weighted by Crippen LogP contribution is -2.31. The zero-order chi connectivity index (χ0) is 21.1. The van der Waals surface area contributed by atoms with Gasteiger partial charge in [-0.05, 0) is 31.0 Å². The number of halogens is 1. The molecule has 152 valence electrons. The number of amides is 1. The number of phenolic OH excluding ortho intramolecular Hbond substituents is 1. The van der Waals surface area contributed by atoms with Gasteiger partial charge in [-0.25, -0.2) is 0 Å². The summed E-state index contributed by atoms with van der Waals surface area (Å²) in [6.45, 7) is 2.60. The van der Waals surface area contributed by atoms with E-state index in [2.05, 4.69) is 0 Å². The molecule has 2 aromatic rings. The first kappa shape index (κ1) is 20.9. The number of carbonyl (C=O) groups excluding carboxylic acids is 2. The third-order valence-electron chi connectivity index (χ3n) is 4.90. The van der Waals surface area contributed by atoms with Crippen LogP contribution >= 0.6 is 11.6 Å². The molecule has 0 aliphatic carbocycles. The Morgan fingerprint density at radius 2 is 1.86 bits per heavy atom. The molecule has 2 N–H and O–H groups in total. The first-order valence-electron chi connectivity index (χ1n) is 9.18. The number of aromatic hydroxyl groups is 1. The lowest BCUT2D eigenvalue weighted by Gasteiger charge is -2.25. The summed E-state index contributed by atoms with van der Waals surface area (Å²) in [5, 5.41) is 20.8. The Morgan fingerprint density at radius 1 is 1.17 bits per heavy atom. The molecule has 29 heavy (non-hydrogen) atoms. The molecule has 0 spiro atoms. The number of likely N-dealkylation sites (tertiary alicyclic amines) is 1. The number of phenols is 1. The highest BCUT2D eigenvalue weighted by atomic mass is 35.5. The second-order valence-corrected chi connectivity index (χ2v) is 7.32. The van der Waals surface area contributed by atoms with Gasteiger partial charge in [0.1, 0.15) is 11.5 Å². The van der Waals surface area contributed by atoms with Crippen LogP contribution < -0.4 is 0 Å². The molecule has 1 unspecified atom stereocenters. The van der Waals surface area contributed by atoms with E-state index in [1.54, 1.807) is 25.3 Å². The first-order valence-corrected chi connectivity index (χ1v) is 9.55. The SMILES string of the molecule is COCCCN1C(=O)C(=O)/C(=C(\O)c2ccc(C)cc2)C1c1ccc(O)c(Cl)c1. The lowest BCUT2D eigenvalue weighted by atomic mass is 9.95. The number of methoxy groups -OCH3 is 1. The minimum atomic E-state index is -0.814. The van der Waals surface area contributed by atoms with E-state index in [0.717, 1.165) is 5.56 Å². The maximum absolute atomic E-state index is 12.8. The van der Waals surface area contributed by atoms with E-state index in [0.29, 0.717) is 24.2 Å². The molecular formula is C22H22ClNO5. The smallest absolute Gasteiger partial charge is 0.295 e. The van der Waals surface area contributed by atoms with E-state index in [1.807, 2.05) is 19.1 Å². The second-order valence-electron chi connectivity index (χ2n) is 6.92. The number of hydrogen-bond donors (Lipinski definition) is 2. The summed E-state index contributed by atoms with van der Waals surface area (Å²) >= 11 is 6.06. The molecule has 0 radical (unpaired) electrons. The molecule has 0 aromatic heterocycles. The minimum absolute atomic E-state index is 0.00183. The largest absolute Gasteiger partial charge is 0.507 e. The van der Waals surface area contributed by atoms with E-state index in [1.165, 1.54) is 17.0 Å². The summed E-state index contributed by atoms with van der Waals surface area (Å²) in [5.74, 6) is -1.80. The van der Waals surface area contributed by atoms with Crippen LogP contribution in [0.25, 0.3) is 5.76 Å². The average Bonchev–Trinajstić information content (AvgIpc) is 2.95. The number of aliphatic hydroxyl groups is 1. The van der Waals surface area contributed by atoms with Crippen molar-refractivity contribution in [2.45, 2.75) is 19.4 Å². The second kappa shape index (κ2) is 8.68. The van der Waals surface area contributed by atoms with Gasteiger partial charge in [-0.15, -0.1) is 0 Å². The molecule has 0 saturated carbocycles. The van der Waals surface area contributed by atoms with Gasteiger partial charge >= 0.3 is 0 Å². The Bertz CT molecular complexity index is 968. The highest BCUT2D eigenvalue weighted by Gasteiger charge is 2.45. The van der Waals surface area contributed by atoms with E-state index >= 15 is 0 Å². The van der Waals surface area contributed by atoms with Crippen LogP contribution in [0.15, 0.2) is 48.0 Å². The first-order chi connectivity index (χ1) is 13.8. The predicted octanol–water partition coefficient (Wildman–Crippen LogP) is 3.81. The standard InChI is InChI=1S/C22H22ClNO5/c1-13-4-6-14(7-5-13)20(26)18-19(15-8-9-17(25)16(23)12-15)24(10-3-11-29-2)22(28)21(18)27/h4-9,12,19,25-26H,3,10-11H2,1-2H3/b20-18-. The fourth-order valence-electron chi connectivity index (χ4n) is 3.40. The number of ketones is 1. The zero-order valence-corrected chi connectivity index (χ0v) is 16.9. The summed E-state index contributed by atoms with van der Waals surface area (Å²) in [6, 6.07) is 10.7. The van der Waals surface area contributed by atoms with E-state index in [-0.39, 0.29) is 28.6 Å². The predicted molar refractivity (Wildman–Crippen MR) is 110 cm³/mol. The number of ether oxygens (including phenoxy) is 1. The normalized spacial score (nSPS) is 18.4. The van der Waals surface area contributed by atoms with Crippen molar-refractivity contribution >= 4 is 29.1 Å². The molecule has 1 amide bonds. The van der Waals surface area contributed by atoms with Crippen molar-refractivity contribution in [2.24, 2.45) is 0 Å². The number of rotatable bonds is 6. The highest BCUT2D eigenvalue weighted by Crippen LogP contribution is 2.41. The number of benzene rings is 2. The summed E-state index contributed by atoms with van der Waals surface area (Å²) in [6.07, 6.45) is 0.524. The van der Waals surface area contributed by atoms with Gasteiger partial charge in [0.05, 0.1) is 16.6 Å². The van der Waals surface area contributed by atoms with Gasteiger partial charge < -0.3 is 19.8 Å². The fraction of sp³-hybridized carbons (Fsp3) is 0.273. The number of carbonyl (C=O) groups is 2. The Hall–Kier alpha value is -2.83. The number of aryl methyl sites for hydroxylation is 1. The Kier molecular flexibility index (Phi) is 6.25. The summed E-state index contributed by atoms with van der Waals surface area (Å²) in [5.41, 5.74) is 1.97. The molecule has 7 heteroatoms. The Morgan fingerprint density at radius 3 is 2.48 bits per heavy atom. The zero-order valence-electron chi connectivity index (χ0n) is 16.2. The number of hydrogen-bond acceptors (Lipinski definition) is 5. The monoisotopic (exact) mass is 415 g/mol. The Balaban J connectivity index is 2.14. The van der Waals surface area contributed by atoms with Crippen molar-refractivity contribution in [3.8, 4) is 5.75 Å². The van der Waals surface area contributed by atoms with E-state index in [4.69, 9.17) is 16.3 Å². The van der Waals surface area contributed by atoms with Crippen molar-refractivity contribution in [2.75, 3.05) is 20.3 Å². The third kappa shape index (κ3) is 4.13. The number of nitrogens with zero attached hydrogens (tertiary/aromatic N) is 1. The van der Waals surface area contributed by atoms with Crippen molar-refractivity contribution in [3.63, 3.8) is 0 Å². The molecule has 3 rings (SSSR count). The fourth-order valence-corrected chi connectivity index (χ4v) is 3.59. The molecule has 2 aromatic carbocycles. The maximum atomic E-state index is 12.8. The molecule has 1 heterocycles. The number of aliphatic hydroxyl groups excluding tert-OH is 1. The molecule has 6 nitrogen and oxygen atoms in total. The van der Waals surface area contributed by atoms with Crippen LogP contribution in [0.2, 0.25) is 5.02 Å². The topological polar surface area (TPSA) is 87.1 Å². The molecular weight excluding hydrogens is 394 g/mol. The highest BCUT2D eigenvalue weighted by molar-refractivity contribution is 6.46. The van der Waals surface area contributed by atoms with Crippen LogP contribution in [0.5, 0.6) is 5.75 Å². The van der Waals surface area contributed by atoms with Crippen molar-refractivity contribution in [1.82, 2.24) is 4.90 Å². The van der Waals surface area contributed by atoms with Crippen LogP contribution in [0, 0.1) is 6.92 Å². The van der Waals surface area contributed by atoms with Crippen molar-refractivity contribution < 1.29 is 24.5 Å². The molecule has 1 aliphatic heterocycles. The third-order valence-corrected chi connectivity index (χ3v) is 5.20. The Labute approximate surface area is 174 Å². The van der Waals surface area contributed by atoms with Crippen molar-refractivity contribution in [1.29, 1.82) is 0 Å². The van der Waals surface area contributed by atoms with Gasteiger partial charge in [0, 0.05) is 25.8 Å². The molecule has 1 saturated heterocycles. The van der Waals surface area contributed by atoms with Gasteiger partial charge in [-0.2, -0.15) is 0 Å². The summed E-state index contributed by atoms with van der Waals surface area (Å²) < 4.78 is 5.06. The lowest BCUT2D eigenvalue weighted by molar-refractivity contribution is -0.140. The molecule has 1 aliphatic rings. The minimum Gasteiger partial charge on any atom is -0.507 e. The van der Waals surface area contributed by atoms with Crippen LogP contribution in [0.3, 0.4) is 0 Å². The van der Waals surface area contributed by atoms with Crippen LogP contribution in [-0.2, 0) is 14.3 Å². The van der Waals surface area contributed by atoms with E-state index in [9.17, 15) is 19.8 Å². The summed E-state index contributed by atoms with van der Waals surface area (Å²) in [7, 11) is 1.56. The van der Waals surface area contributed by atoms with Crippen LogP contribution in [-0.4, -0.2) is 47.1 Å². The van der Waals surface area contributed by atoms with E-state index < -0.39 is 17.7 Å². The van der Waals surface area contributed by atoms with Gasteiger partial charge in [0.25, 0.3) is 11.7 Å². The van der Waals surface area contributed by atoms with Gasteiger partial charge in [-0.3, -0.25) is 9.59 Å². The maximum Gasteiger partial charge on any atom is 0.295 e. The molecule has 0 bridgehead atoms. The molecule has 1 atom stereocenters. The average molecular weight is 416 g/mol. The van der Waals surface area contributed by atoms with Gasteiger partial charge in [0.15, 0.2) is 0 Å². The number of Topliss-reactive ketones (excluding diaryl/α,β-unsaturated/α-hetero) is 1. The van der Waals surface area contributed by atoms with Gasteiger partial charge in [0.2, 0.25) is 0 Å². The van der Waals surface area contributed by atoms with Crippen molar-refractivity contribution in [3.05, 3.63) is 69.8 Å². The quantitative estimate of drug-likeness (QED) is 0.324. The van der Waals surface area contributed by atoms with Crippen LogP contribution in [0.4, 0.5) is 0 Å². The summed E-state index contributed by atoms with van der Waals surface area (Å²) in [4.78, 5) is 27.0. The van der Waals surface area contributed by atoms with Crippen LogP contribution in [0.1, 0.15) is 29.2 Å². The molecule has 1 fully saturated rings.